The molecule has 0 fully saturated rings. The Bertz CT molecular complexity index is 1500. The molecule has 3 amide bonds. The zero-order chi connectivity index (χ0) is 26.8. The molecule has 1 aliphatic heterocycles. The first kappa shape index (κ1) is 24.6. The van der Waals surface area contributed by atoms with E-state index >= 15 is 0 Å². The van der Waals surface area contributed by atoms with E-state index in [2.05, 4.69) is 25.9 Å². The number of carbonyl (C=O) groups is 3. The summed E-state index contributed by atoms with van der Waals surface area (Å²) in [6.07, 6.45) is 0. The number of anilines is 5. The molecule has 0 saturated carbocycles. The van der Waals surface area contributed by atoms with Crippen LogP contribution in [-0.2, 0) is 4.79 Å². The molecule has 5 rings (SSSR count). The molecule has 1 aliphatic rings. The monoisotopic (exact) mass is 506 g/mol. The molecule has 38 heavy (non-hydrogen) atoms. The number of hydrogen-bond acceptors (Lipinski definition) is 7. The summed E-state index contributed by atoms with van der Waals surface area (Å²) in [5, 5.41) is 9.23. The predicted molar refractivity (Wildman–Crippen MR) is 146 cm³/mol. The van der Waals surface area contributed by atoms with Crippen molar-refractivity contribution in [2.24, 2.45) is 0 Å². The first-order valence-corrected chi connectivity index (χ1v) is 12.1. The van der Waals surface area contributed by atoms with Crippen molar-refractivity contribution in [1.29, 1.82) is 0 Å². The summed E-state index contributed by atoms with van der Waals surface area (Å²) in [5.41, 5.74) is 4.76. The molecule has 0 bridgehead atoms. The van der Waals surface area contributed by atoms with E-state index in [9.17, 15) is 14.4 Å². The van der Waals surface area contributed by atoms with Gasteiger partial charge in [0.15, 0.2) is 0 Å². The third-order valence-corrected chi connectivity index (χ3v) is 6.18. The van der Waals surface area contributed by atoms with E-state index in [1.54, 1.807) is 48.5 Å². The van der Waals surface area contributed by atoms with Crippen LogP contribution in [-0.4, -0.2) is 38.6 Å². The van der Waals surface area contributed by atoms with Crippen molar-refractivity contribution in [3.05, 3.63) is 101 Å². The summed E-state index contributed by atoms with van der Waals surface area (Å²) in [7, 11) is 0. The normalized spacial score (nSPS) is 13.2. The van der Waals surface area contributed by atoms with Gasteiger partial charge in [0.05, 0.1) is 11.1 Å². The molecule has 1 atom stereocenters. The Labute approximate surface area is 219 Å². The highest BCUT2D eigenvalue weighted by atomic mass is 16.2. The van der Waals surface area contributed by atoms with Crippen LogP contribution in [0.25, 0.3) is 0 Å². The number of nitrogens with zero attached hydrogens (tertiary/aromatic N) is 3. The van der Waals surface area contributed by atoms with Crippen molar-refractivity contribution < 1.29 is 14.4 Å². The summed E-state index contributed by atoms with van der Waals surface area (Å²) in [6.45, 7) is 5.46. The quantitative estimate of drug-likeness (QED) is 0.295. The van der Waals surface area contributed by atoms with E-state index in [0.717, 1.165) is 22.0 Å². The summed E-state index contributed by atoms with van der Waals surface area (Å²) in [4.78, 5) is 48.2. The zero-order valence-electron chi connectivity index (χ0n) is 21.1. The van der Waals surface area contributed by atoms with Gasteiger partial charge in [-0.2, -0.15) is 4.98 Å². The van der Waals surface area contributed by atoms with Crippen LogP contribution >= 0.6 is 0 Å². The van der Waals surface area contributed by atoms with Crippen LogP contribution in [0.15, 0.2) is 78.9 Å². The summed E-state index contributed by atoms with van der Waals surface area (Å²) >= 11 is 0. The molecule has 0 spiro atoms. The molecule has 3 N–H and O–H groups in total. The molecule has 190 valence electrons. The van der Waals surface area contributed by atoms with Gasteiger partial charge in [-0.15, -0.1) is 0 Å². The number of rotatable bonds is 7. The van der Waals surface area contributed by atoms with Crippen LogP contribution in [0.3, 0.4) is 0 Å². The van der Waals surface area contributed by atoms with Crippen LogP contribution in [0.1, 0.15) is 38.9 Å². The molecule has 3 aromatic carbocycles. The van der Waals surface area contributed by atoms with Gasteiger partial charge >= 0.3 is 0 Å². The molecule has 0 aliphatic carbocycles. The maximum atomic E-state index is 12.9. The van der Waals surface area contributed by atoms with E-state index in [1.807, 2.05) is 44.2 Å². The van der Waals surface area contributed by atoms with Crippen LogP contribution in [0.4, 0.5) is 28.8 Å². The minimum atomic E-state index is -0.972. The number of aromatic nitrogens is 2. The Morgan fingerprint density at radius 1 is 0.763 bits per heavy atom. The lowest BCUT2D eigenvalue weighted by Crippen LogP contribution is -2.45. The second kappa shape index (κ2) is 10.1. The maximum Gasteiger partial charge on any atom is 0.262 e. The lowest BCUT2D eigenvalue weighted by molar-refractivity contribution is -0.119. The number of hydrogen-bond donors (Lipinski definition) is 3. The maximum absolute atomic E-state index is 12.9. The molecular formula is C29H26N6O3. The molecular weight excluding hydrogens is 480 g/mol. The smallest absolute Gasteiger partial charge is 0.262 e. The molecule has 4 aromatic rings. The predicted octanol–water partition coefficient (Wildman–Crippen LogP) is 5.20. The van der Waals surface area contributed by atoms with Crippen molar-refractivity contribution in [3.8, 4) is 0 Å². The first-order chi connectivity index (χ1) is 18.3. The second-order valence-corrected chi connectivity index (χ2v) is 9.10. The van der Waals surface area contributed by atoms with Crippen LogP contribution in [0, 0.1) is 13.8 Å². The minimum Gasteiger partial charge on any atom is -0.340 e. The molecule has 1 aromatic heterocycles. The van der Waals surface area contributed by atoms with Gasteiger partial charge in [-0.1, -0.05) is 29.8 Å². The van der Waals surface area contributed by atoms with Gasteiger partial charge in [0.1, 0.15) is 11.9 Å². The lowest BCUT2D eigenvalue weighted by atomic mass is 10.1. The van der Waals surface area contributed by atoms with E-state index < -0.39 is 23.8 Å². The Hall–Kier alpha value is -5.05. The molecule has 9 heteroatoms. The molecule has 9 nitrogen and oxygen atoms in total. The Balaban J connectivity index is 1.23. The Morgan fingerprint density at radius 2 is 1.32 bits per heavy atom. The zero-order valence-corrected chi connectivity index (χ0v) is 21.1. The van der Waals surface area contributed by atoms with Crippen molar-refractivity contribution >= 4 is 46.5 Å². The average molecular weight is 507 g/mol. The number of imide groups is 1. The number of fused-ring (bicyclic) bond motifs is 1. The fourth-order valence-electron chi connectivity index (χ4n) is 4.16. The van der Waals surface area contributed by atoms with Crippen LogP contribution in [0.2, 0.25) is 0 Å². The fourth-order valence-corrected chi connectivity index (χ4v) is 4.16. The van der Waals surface area contributed by atoms with E-state index in [-0.39, 0.29) is 0 Å². The fraction of sp³-hybridized carbons (Fsp3) is 0.138. The number of carbonyl (C=O) groups excluding carboxylic acids is 3. The van der Waals surface area contributed by atoms with Crippen LogP contribution in [0.5, 0.6) is 0 Å². The number of nitrogens with one attached hydrogen (secondary N) is 3. The largest absolute Gasteiger partial charge is 0.340 e. The Kier molecular flexibility index (Phi) is 6.57. The van der Waals surface area contributed by atoms with Gasteiger partial charge in [0.25, 0.3) is 11.8 Å². The van der Waals surface area contributed by atoms with Gasteiger partial charge < -0.3 is 16.0 Å². The van der Waals surface area contributed by atoms with Crippen molar-refractivity contribution in [2.75, 3.05) is 16.0 Å². The third-order valence-electron chi connectivity index (χ3n) is 6.18. The standard InChI is InChI=1S/C29H26N6O3/c1-17-8-10-20(11-9-17)31-25-16-18(2)30-29(34-25)33-22-14-12-21(13-15-22)32-26(36)19(3)35-27(37)23-6-4-5-7-24(23)28(35)38/h4-16,19H,1-3H3,(H,32,36)(H2,30,31,33,34)/t19-/m0/s1. The second-order valence-electron chi connectivity index (χ2n) is 9.10. The van der Waals surface area contributed by atoms with E-state index in [4.69, 9.17) is 0 Å². The lowest BCUT2D eigenvalue weighted by Gasteiger charge is -2.21. The molecule has 0 radical (unpaired) electrons. The summed E-state index contributed by atoms with van der Waals surface area (Å²) in [6, 6.07) is 22.5. The van der Waals surface area contributed by atoms with Crippen LogP contribution < -0.4 is 16.0 Å². The van der Waals surface area contributed by atoms with Gasteiger partial charge in [-0.05, 0) is 69.3 Å². The average Bonchev–Trinajstić information content (AvgIpc) is 3.15. The minimum absolute atomic E-state index is 0.308. The van der Waals surface area contributed by atoms with Crippen molar-refractivity contribution in [1.82, 2.24) is 14.9 Å². The summed E-state index contributed by atoms with van der Waals surface area (Å²) in [5.74, 6) is -0.316. The number of benzene rings is 3. The van der Waals surface area contributed by atoms with Gasteiger partial charge in [0.2, 0.25) is 11.9 Å². The number of amides is 3. The summed E-state index contributed by atoms with van der Waals surface area (Å²) < 4.78 is 0. The third kappa shape index (κ3) is 5.08. The van der Waals surface area contributed by atoms with Gasteiger partial charge in [0, 0.05) is 28.8 Å². The Morgan fingerprint density at radius 3 is 1.95 bits per heavy atom. The highest BCUT2D eigenvalue weighted by Crippen LogP contribution is 2.25. The van der Waals surface area contributed by atoms with E-state index in [1.165, 1.54) is 12.5 Å². The van der Waals surface area contributed by atoms with Crippen molar-refractivity contribution in [3.63, 3.8) is 0 Å². The van der Waals surface area contributed by atoms with E-state index in [0.29, 0.717) is 28.6 Å². The molecule has 0 saturated heterocycles. The molecule has 2 heterocycles. The number of aryl methyl sites for hydroxylation is 2. The SMILES string of the molecule is Cc1ccc(Nc2cc(C)nc(Nc3ccc(NC(=O)[C@H](C)N4C(=O)c5ccccc5C4=O)cc3)n2)cc1. The highest BCUT2D eigenvalue weighted by Gasteiger charge is 2.40. The topological polar surface area (TPSA) is 116 Å². The highest BCUT2D eigenvalue weighted by molar-refractivity contribution is 6.23. The molecule has 0 unspecified atom stereocenters. The first-order valence-electron chi connectivity index (χ1n) is 12.1. The van der Waals surface area contributed by atoms with Gasteiger partial charge in [-0.3, -0.25) is 19.3 Å². The van der Waals surface area contributed by atoms with Crippen molar-refractivity contribution in [2.45, 2.75) is 26.8 Å². The van der Waals surface area contributed by atoms with Gasteiger partial charge in [-0.25, -0.2) is 4.98 Å².